The van der Waals surface area contributed by atoms with Gasteiger partial charge in [0.2, 0.25) is 0 Å². The quantitative estimate of drug-likeness (QED) is 0.312. The van der Waals surface area contributed by atoms with Crippen molar-refractivity contribution < 1.29 is 42.3 Å². The number of carbonyl (C=O) groups excluding carboxylic acids is 2. The first-order valence-electron chi connectivity index (χ1n) is 9.50. The molecular weight excluding hydrogens is 447 g/mol. The molecule has 1 heterocycles. The highest BCUT2D eigenvalue weighted by molar-refractivity contribution is 6.00. The van der Waals surface area contributed by atoms with Gasteiger partial charge in [0.1, 0.15) is 19.0 Å². The first kappa shape index (κ1) is 23.9. The third-order valence-corrected chi connectivity index (χ3v) is 4.35. The van der Waals surface area contributed by atoms with E-state index in [4.69, 9.17) is 25.9 Å². The van der Waals surface area contributed by atoms with Crippen molar-refractivity contribution >= 4 is 23.4 Å². The molecule has 9 nitrogen and oxygen atoms in total. The zero-order chi connectivity index (χ0) is 24.0. The summed E-state index contributed by atoms with van der Waals surface area (Å²) in [5.74, 6) is -2.61. The number of aliphatic hydroxyl groups excluding tert-OH is 1. The topological polar surface area (TPSA) is 109 Å². The van der Waals surface area contributed by atoms with E-state index < -0.39 is 59.4 Å². The number of halogens is 3. The van der Waals surface area contributed by atoms with Gasteiger partial charge in [0.25, 0.3) is 5.91 Å². The van der Waals surface area contributed by atoms with Gasteiger partial charge in [0.05, 0.1) is 36.7 Å². The SMILES string of the molecule is C#Cc1ccc(Nc2c(C(=O)NOCCO)cc(CN3OCCOC3=O)c(F)c2F)c(F)c1. The van der Waals surface area contributed by atoms with Gasteiger partial charge in [-0.25, -0.2) is 23.4 Å². The monoisotopic (exact) mass is 465 g/mol. The molecule has 1 aliphatic heterocycles. The van der Waals surface area contributed by atoms with Crippen LogP contribution in [0.15, 0.2) is 24.3 Å². The highest BCUT2D eigenvalue weighted by Crippen LogP contribution is 2.31. The van der Waals surface area contributed by atoms with Gasteiger partial charge in [-0.2, -0.15) is 5.06 Å². The summed E-state index contributed by atoms with van der Waals surface area (Å²) in [4.78, 5) is 34.1. The van der Waals surface area contributed by atoms with Gasteiger partial charge in [0, 0.05) is 11.1 Å². The molecule has 0 atom stereocenters. The van der Waals surface area contributed by atoms with E-state index in [-0.39, 0.29) is 31.1 Å². The number of hydrogen-bond acceptors (Lipinski definition) is 7. The first-order valence-corrected chi connectivity index (χ1v) is 9.50. The highest BCUT2D eigenvalue weighted by Gasteiger charge is 2.28. The fraction of sp³-hybridized carbons (Fsp3) is 0.238. The van der Waals surface area contributed by atoms with Crippen molar-refractivity contribution in [3.63, 3.8) is 0 Å². The lowest BCUT2D eigenvalue weighted by atomic mass is 10.1. The molecule has 3 N–H and O–H groups in total. The van der Waals surface area contributed by atoms with Crippen LogP contribution in [-0.2, 0) is 21.0 Å². The van der Waals surface area contributed by atoms with Crippen LogP contribution in [0.4, 0.5) is 29.3 Å². The number of benzene rings is 2. The number of rotatable bonds is 8. The van der Waals surface area contributed by atoms with Gasteiger partial charge in [-0.3, -0.25) is 14.5 Å². The lowest BCUT2D eigenvalue weighted by Crippen LogP contribution is -2.38. The van der Waals surface area contributed by atoms with E-state index >= 15 is 4.39 Å². The minimum atomic E-state index is -1.52. The van der Waals surface area contributed by atoms with Crippen LogP contribution in [0.2, 0.25) is 0 Å². The molecule has 3 rings (SSSR count). The van der Waals surface area contributed by atoms with Crippen LogP contribution >= 0.6 is 0 Å². The van der Waals surface area contributed by atoms with Crippen molar-refractivity contribution in [1.82, 2.24) is 10.5 Å². The molecule has 0 aromatic heterocycles. The van der Waals surface area contributed by atoms with Crippen molar-refractivity contribution in [2.24, 2.45) is 0 Å². The van der Waals surface area contributed by atoms with Gasteiger partial charge < -0.3 is 15.2 Å². The van der Waals surface area contributed by atoms with Crippen molar-refractivity contribution in [3.8, 4) is 12.3 Å². The number of carbonyl (C=O) groups is 2. The normalized spacial score (nSPS) is 13.3. The summed E-state index contributed by atoms with van der Waals surface area (Å²) >= 11 is 0. The molecular formula is C21H18F3N3O6. The Morgan fingerprint density at radius 1 is 1.24 bits per heavy atom. The minimum absolute atomic E-state index is 0.00471. The standard InChI is InChI=1S/C21H18F3N3O6/c1-2-12-3-4-16(15(22)9-12)25-19-14(20(29)26-32-6-5-28)10-13(17(23)18(19)24)11-27-21(30)31-7-8-33-27/h1,3-4,9-10,25,28H,5-8,11H2,(H,26,29). The van der Waals surface area contributed by atoms with E-state index in [1.165, 1.54) is 12.1 Å². The minimum Gasteiger partial charge on any atom is -0.445 e. The zero-order valence-electron chi connectivity index (χ0n) is 17.0. The molecule has 2 aromatic rings. The third-order valence-electron chi connectivity index (χ3n) is 4.35. The van der Waals surface area contributed by atoms with Gasteiger partial charge in [-0.15, -0.1) is 6.42 Å². The molecule has 1 fully saturated rings. The number of aliphatic hydroxyl groups is 1. The van der Waals surface area contributed by atoms with E-state index in [2.05, 4.69) is 11.2 Å². The molecule has 0 aliphatic carbocycles. The summed E-state index contributed by atoms with van der Waals surface area (Å²) in [6.07, 6.45) is 4.29. The molecule has 12 heteroatoms. The maximum Gasteiger partial charge on any atom is 0.434 e. The van der Waals surface area contributed by atoms with Crippen LogP contribution in [0.5, 0.6) is 0 Å². The Hall–Kier alpha value is -3.79. The molecule has 1 aliphatic rings. The van der Waals surface area contributed by atoms with Crippen LogP contribution < -0.4 is 10.8 Å². The van der Waals surface area contributed by atoms with Crippen LogP contribution in [0.25, 0.3) is 0 Å². The van der Waals surface area contributed by atoms with E-state index in [1.807, 2.05) is 5.48 Å². The van der Waals surface area contributed by atoms with Crippen LogP contribution in [0, 0.1) is 29.8 Å². The van der Waals surface area contributed by atoms with Crippen molar-refractivity contribution in [2.75, 3.05) is 31.7 Å². The second-order valence-corrected chi connectivity index (χ2v) is 6.54. The third kappa shape index (κ3) is 5.53. The Morgan fingerprint density at radius 2 is 2.03 bits per heavy atom. The number of terminal acetylenes is 1. The lowest BCUT2D eigenvalue weighted by molar-refractivity contribution is -0.181. The first-order chi connectivity index (χ1) is 15.8. The molecule has 2 aromatic carbocycles. The highest BCUT2D eigenvalue weighted by atomic mass is 19.2. The molecule has 0 saturated carbocycles. The number of hydroxylamine groups is 3. The number of anilines is 2. The summed E-state index contributed by atoms with van der Waals surface area (Å²) in [7, 11) is 0. The van der Waals surface area contributed by atoms with Crippen LogP contribution in [0.3, 0.4) is 0 Å². The second-order valence-electron chi connectivity index (χ2n) is 6.54. The second kappa shape index (κ2) is 10.7. The summed E-state index contributed by atoms with van der Waals surface area (Å²) in [5, 5.41) is 11.8. The van der Waals surface area contributed by atoms with Gasteiger partial charge in [-0.1, -0.05) is 5.92 Å². The molecule has 0 radical (unpaired) electrons. The van der Waals surface area contributed by atoms with Crippen LogP contribution in [-0.4, -0.2) is 48.6 Å². The fourth-order valence-corrected chi connectivity index (χ4v) is 2.82. The number of cyclic esters (lactones) is 1. The molecule has 0 unspecified atom stereocenters. The average molecular weight is 465 g/mol. The van der Waals surface area contributed by atoms with Crippen molar-refractivity contribution in [2.45, 2.75) is 6.54 Å². The number of nitrogens with zero attached hydrogens (tertiary/aromatic N) is 1. The maximum absolute atomic E-state index is 15.1. The van der Waals surface area contributed by atoms with E-state index in [0.29, 0.717) is 5.06 Å². The summed E-state index contributed by atoms with van der Waals surface area (Å²) in [6, 6.07) is 4.49. The average Bonchev–Trinajstić information content (AvgIpc) is 2.81. The van der Waals surface area contributed by atoms with Crippen LogP contribution in [0.1, 0.15) is 21.5 Å². The molecule has 0 bridgehead atoms. The zero-order valence-corrected chi connectivity index (χ0v) is 17.0. The summed E-state index contributed by atoms with van der Waals surface area (Å²) in [5.41, 5.74) is 0.287. The van der Waals surface area contributed by atoms with E-state index in [1.54, 1.807) is 0 Å². The number of hydrogen-bond donors (Lipinski definition) is 3. The summed E-state index contributed by atoms with van der Waals surface area (Å²) in [6.45, 7) is -1.28. The molecule has 1 saturated heterocycles. The van der Waals surface area contributed by atoms with Gasteiger partial charge in [-0.05, 0) is 24.3 Å². The Balaban J connectivity index is 2.01. The maximum atomic E-state index is 15.1. The predicted molar refractivity (Wildman–Crippen MR) is 107 cm³/mol. The smallest absolute Gasteiger partial charge is 0.434 e. The molecule has 0 spiro atoms. The van der Waals surface area contributed by atoms with Crippen molar-refractivity contribution in [1.29, 1.82) is 0 Å². The largest absolute Gasteiger partial charge is 0.445 e. The Labute approximate surface area is 185 Å². The van der Waals surface area contributed by atoms with Gasteiger partial charge in [0.15, 0.2) is 11.6 Å². The van der Waals surface area contributed by atoms with E-state index in [0.717, 1.165) is 12.1 Å². The molecule has 2 amide bonds. The Bertz CT molecular complexity index is 1110. The van der Waals surface area contributed by atoms with E-state index in [9.17, 15) is 18.4 Å². The molecule has 33 heavy (non-hydrogen) atoms. The van der Waals surface area contributed by atoms with Gasteiger partial charge >= 0.3 is 6.09 Å². The Morgan fingerprint density at radius 3 is 2.70 bits per heavy atom. The number of amides is 2. The summed E-state index contributed by atoms with van der Waals surface area (Å²) < 4.78 is 49.0. The fourth-order valence-electron chi connectivity index (χ4n) is 2.82. The number of nitrogens with one attached hydrogen (secondary N) is 2. The predicted octanol–water partition coefficient (Wildman–Crippen LogP) is 2.37. The Kier molecular flexibility index (Phi) is 7.73. The van der Waals surface area contributed by atoms with Crippen molar-refractivity contribution in [3.05, 3.63) is 58.4 Å². The lowest BCUT2D eigenvalue weighted by Gasteiger charge is -2.26. The number of ether oxygens (including phenoxy) is 1. The molecule has 174 valence electrons.